The fourth-order valence-electron chi connectivity index (χ4n) is 1.62. The van der Waals surface area contributed by atoms with E-state index in [-0.39, 0.29) is 18.1 Å². The topological polar surface area (TPSA) is 73.0 Å². The van der Waals surface area contributed by atoms with Gasteiger partial charge >= 0.3 is 5.97 Å². The fraction of sp³-hybridized carbons (Fsp3) is 0.273. The molecule has 0 fully saturated rings. The SMILES string of the molecule is CCOC(=O)c1nc2c(C)cccn2c1N=O. The summed E-state index contributed by atoms with van der Waals surface area (Å²) in [6.07, 6.45) is 1.63. The van der Waals surface area contributed by atoms with Gasteiger partial charge in [-0.15, -0.1) is 4.91 Å². The maximum Gasteiger partial charge on any atom is 0.361 e. The number of pyridine rings is 1. The summed E-state index contributed by atoms with van der Waals surface area (Å²) < 4.78 is 6.31. The lowest BCUT2D eigenvalue weighted by molar-refractivity contribution is 0.0521. The van der Waals surface area contributed by atoms with Gasteiger partial charge in [0.1, 0.15) is 5.65 Å². The molecule has 2 aromatic rings. The molecule has 0 aromatic carbocycles. The van der Waals surface area contributed by atoms with Gasteiger partial charge in [0.05, 0.1) is 6.61 Å². The lowest BCUT2D eigenvalue weighted by atomic mass is 10.3. The summed E-state index contributed by atoms with van der Waals surface area (Å²) in [5.74, 6) is -0.660. The van der Waals surface area contributed by atoms with Crippen molar-refractivity contribution in [3.63, 3.8) is 0 Å². The van der Waals surface area contributed by atoms with E-state index in [1.165, 1.54) is 4.40 Å². The van der Waals surface area contributed by atoms with Crippen LogP contribution >= 0.6 is 0 Å². The molecule has 2 aromatic heterocycles. The first kappa shape index (κ1) is 11.3. The number of carbonyl (C=O) groups is 1. The fourth-order valence-corrected chi connectivity index (χ4v) is 1.62. The van der Waals surface area contributed by atoms with E-state index in [1.54, 1.807) is 19.2 Å². The minimum Gasteiger partial charge on any atom is -0.461 e. The van der Waals surface area contributed by atoms with Crippen LogP contribution in [0, 0.1) is 11.8 Å². The van der Waals surface area contributed by atoms with E-state index in [9.17, 15) is 9.70 Å². The molecule has 0 aliphatic rings. The van der Waals surface area contributed by atoms with E-state index < -0.39 is 5.97 Å². The average Bonchev–Trinajstić information content (AvgIpc) is 2.69. The molecule has 6 heteroatoms. The van der Waals surface area contributed by atoms with Gasteiger partial charge in [-0.2, -0.15) is 0 Å². The van der Waals surface area contributed by atoms with Crippen LogP contribution in [-0.4, -0.2) is 22.0 Å². The number of aryl methyl sites for hydroxylation is 1. The van der Waals surface area contributed by atoms with Gasteiger partial charge in [-0.1, -0.05) is 6.07 Å². The third-order valence-electron chi connectivity index (χ3n) is 2.38. The highest BCUT2D eigenvalue weighted by atomic mass is 16.5. The summed E-state index contributed by atoms with van der Waals surface area (Å²) in [5.41, 5.74) is 1.34. The predicted octanol–water partition coefficient (Wildman–Crippen LogP) is 2.22. The molecular formula is C11H11N3O3. The molecule has 0 amide bonds. The van der Waals surface area contributed by atoms with E-state index in [0.29, 0.717) is 5.65 Å². The van der Waals surface area contributed by atoms with Crippen LogP contribution in [0.1, 0.15) is 23.0 Å². The summed E-state index contributed by atoms with van der Waals surface area (Å²) >= 11 is 0. The van der Waals surface area contributed by atoms with Crippen molar-refractivity contribution in [2.24, 2.45) is 5.18 Å². The molecule has 0 saturated heterocycles. The van der Waals surface area contributed by atoms with Gasteiger partial charge in [-0.25, -0.2) is 9.78 Å². The second-order valence-corrected chi connectivity index (χ2v) is 3.48. The normalized spacial score (nSPS) is 10.5. The van der Waals surface area contributed by atoms with Crippen LogP contribution in [0.4, 0.5) is 5.82 Å². The number of imidazole rings is 1. The van der Waals surface area contributed by atoms with Crippen molar-refractivity contribution in [3.05, 3.63) is 34.5 Å². The Morgan fingerprint density at radius 2 is 2.35 bits per heavy atom. The van der Waals surface area contributed by atoms with Gasteiger partial charge in [0, 0.05) is 6.20 Å². The third-order valence-corrected chi connectivity index (χ3v) is 2.38. The second kappa shape index (κ2) is 4.32. The van der Waals surface area contributed by atoms with Crippen molar-refractivity contribution in [2.75, 3.05) is 6.61 Å². The largest absolute Gasteiger partial charge is 0.461 e. The van der Waals surface area contributed by atoms with Crippen LogP contribution in [-0.2, 0) is 4.74 Å². The molecule has 0 radical (unpaired) electrons. The zero-order valence-corrected chi connectivity index (χ0v) is 9.51. The molecule has 17 heavy (non-hydrogen) atoms. The maximum absolute atomic E-state index is 11.6. The Morgan fingerprint density at radius 3 is 3.00 bits per heavy atom. The number of nitrogens with zero attached hydrogens (tertiary/aromatic N) is 3. The number of ether oxygens (including phenoxy) is 1. The lowest BCUT2D eigenvalue weighted by Gasteiger charge is -1.97. The number of fused-ring (bicyclic) bond motifs is 1. The van der Waals surface area contributed by atoms with Crippen LogP contribution in [0.3, 0.4) is 0 Å². The van der Waals surface area contributed by atoms with Gasteiger partial charge in [0.2, 0.25) is 5.82 Å². The predicted molar refractivity (Wildman–Crippen MR) is 61.3 cm³/mol. The first-order chi connectivity index (χ1) is 8.19. The zero-order chi connectivity index (χ0) is 12.4. The number of esters is 1. The highest BCUT2D eigenvalue weighted by molar-refractivity contribution is 5.93. The monoisotopic (exact) mass is 233 g/mol. The summed E-state index contributed by atoms with van der Waals surface area (Å²) in [7, 11) is 0. The Hall–Kier alpha value is -2.24. The summed E-state index contributed by atoms with van der Waals surface area (Å²) in [6.45, 7) is 3.75. The summed E-state index contributed by atoms with van der Waals surface area (Å²) in [4.78, 5) is 26.5. The van der Waals surface area contributed by atoms with Crippen LogP contribution in [0.2, 0.25) is 0 Å². The van der Waals surface area contributed by atoms with Crippen LogP contribution in [0.5, 0.6) is 0 Å². The van der Waals surface area contributed by atoms with Crippen LogP contribution in [0.25, 0.3) is 5.65 Å². The second-order valence-electron chi connectivity index (χ2n) is 3.48. The molecule has 0 aliphatic heterocycles. The van der Waals surface area contributed by atoms with E-state index in [1.807, 2.05) is 13.0 Å². The molecule has 0 N–H and O–H groups in total. The maximum atomic E-state index is 11.6. The number of carbonyl (C=O) groups excluding carboxylic acids is 1. The Kier molecular flexibility index (Phi) is 2.86. The van der Waals surface area contributed by atoms with Crippen molar-refractivity contribution in [1.29, 1.82) is 0 Å². The molecule has 0 unspecified atom stereocenters. The molecule has 0 saturated carbocycles. The first-order valence-electron chi connectivity index (χ1n) is 5.17. The van der Waals surface area contributed by atoms with E-state index >= 15 is 0 Å². The average molecular weight is 233 g/mol. The van der Waals surface area contributed by atoms with E-state index in [2.05, 4.69) is 10.2 Å². The van der Waals surface area contributed by atoms with Crippen molar-refractivity contribution >= 4 is 17.4 Å². The molecule has 2 heterocycles. The van der Waals surface area contributed by atoms with Gasteiger partial charge in [0.15, 0.2) is 5.69 Å². The van der Waals surface area contributed by atoms with Crippen molar-refractivity contribution < 1.29 is 9.53 Å². The molecule has 0 aliphatic carbocycles. The number of hydrogen-bond donors (Lipinski definition) is 0. The van der Waals surface area contributed by atoms with Crippen LogP contribution in [0.15, 0.2) is 23.5 Å². The number of rotatable bonds is 3. The lowest BCUT2D eigenvalue weighted by Crippen LogP contribution is -2.05. The zero-order valence-electron chi connectivity index (χ0n) is 9.51. The molecule has 2 rings (SSSR count). The quantitative estimate of drug-likeness (QED) is 0.601. The molecule has 6 nitrogen and oxygen atoms in total. The van der Waals surface area contributed by atoms with Crippen molar-refractivity contribution in [1.82, 2.24) is 9.38 Å². The molecule has 0 atom stereocenters. The molecule has 88 valence electrons. The van der Waals surface area contributed by atoms with E-state index in [0.717, 1.165) is 5.56 Å². The number of aromatic nitrogens is 2. The van der Waals surface area contributed by atoms with Crippen molar-refractivity contribution in [2.45, 2.75) is 13.8 Å². The van der Waals surface area contributed by atoms with Gasteiger partial charge in [0.25, 0.3) is 0 Å². The molecule has 0 spiro atoms. The van der Waals surface area contributed by atoms with Crippen molar-refractivity contribution in [3.8, 4) is 0 Å². The van der Waals surface area contributed by atoms with Gasteiger partial charge in [-0.05, 0) is 30.7 Å². The summed E-state index contributed by atoms with van der Waals surface area (Å²) in [6, 6.07) is 3.60. The smallest absolute Gasteiger partial charge is 0.361 e. The molecule has 0 bridgehead atoms. The Bertz CT molecular complexity index is 589. The van der Waals surface area contributed by atoms with E-state index in [4.69, 9.17) is 4.74 Å². The standard InChI is InChI=1S/C11H11N3O3/c1-3-17-11(15)8-10(13-16)14-6-4-5-7(2)9(14)12-8/h4-6H,3H2,1-2H3. The minimum atomic E-state index is -0.634. The van der Waals surface area contributed by atoms with Gasteiger partial charge < -0.3 is 4.74 Å². The Morgan fingerprint density at radius 1 is 1.59 bits per heavy atom. The highest BCUT2D eigenvalue weighted by Crippen LogP contribution is 2.23. The first-order valence-corrected chi connectivity index (χ1v) is 5.17. The van der Waals surface area contributed by atoms with Gasteiger partial charge in [-0.3, -0.25) is 4.40 Å². The Labute approximate surface area is 97.2 Å². The van der Waals surface area contributed by atoms with Crippen LogP contribution < -0.4 is 0 Å². The summed E-state index contributed by atoms with van der Waals surface area (Å²) in [5, 5.41) is 2.85. The minimum absolute atomic E-state index is 0.0258. The molecular weight excluding hydrogens is 222 g/mol. The Balaban J connectivity index is 2.68. The number of hydrogen-bond acceptors (Lipinski definition) is 5. The highest BCUT2D eigenvalue weighted by Gasteiger charge is 2.21. The number of nitroso groups, excluding NO2 is 1. The third kappa shape index (κ3) is 1.77.